The minimum atomic E-state index is -0.464. The van der Waals surface area contributed by atoms with Crippen LogP contribution in [0.5, 0.6) is 0 Å². The van der Waals surface area contributed by atoms with E-state index in [9.17, 15) is 8.78 Å². The van der Waals surface area contributed by atoms with Crippen molar-refractivity contribution in [3.63, 3.8) is 0 Å². The topological polar surface area (TPSA) is 12.0 Å². The Balaban J connectivity index is 2.18. The van der Waals surface area contributed by atoms with Gasteiger partial charge >= 0.3 is 0 Å². The first-order chi connectivity index (χ1) is 9.45. The molecule has 0 saturated heterocycles. The highest BCUT2D eigenvalue weighted by molar-refractivity contribution is 5.23. The summed E-state index contributed by atoms with van der Waals surface area (Å²) in [4.78, 5) is 0. The fraction of sp³-hybridized carbons (Fsp3) is 0.647. The molecular formula is C17H25F2N. The van der Waals surface area contributed by atoms with Gasteiger partial charge < -0.3 is 5.32 Å². The van der Waals surface area contributed by atoms with E-state index in [0.717, 1.165) is 31.0 Å². The maximum atomic E-state index is 13.5. The van der Waals surface area contributed by atoms with Gasteiger partial charge in [0.05, 0.1) is 0 Å². The normalized spacial score (nSPS) is 27.0. The van der Waals surface area contributed by atoms with E-state index in [1.807, 2.05) is 0 Å². The lowest BCUT2D eigenvalue weighted by Gasteiger charge is -2.36. The van der Waals surface area contributed by atoms with Crippen LogP contribution in [0, 0.1) is 23.5 Å². The third kappa shape index (κ3) is 4.02. The quantitative estimate of drug-likeness (QED) is 0.858. The third-order valence-electron chi connectivity index (χ3n) is 4.36. The lowest BCUT2D eigenvalue weighted by molar-refractivity contribution is 0.237. The Morgan fingerprint density at radius 3 is 2.40 bits per heavy atom. The molecule has 1 aliphatic rings. The molecule has 1 aromatic carbocycles. The Kier molecular flexibility index (Phi) is 5.14. The van der Waals surface area contributed by atoms with Crippen molar-refractivity contribution in [2.75, 3.05) is 6.54 Å². The molecule has 0 bridgehead atoms. The van der Waals surface area contributed by atoms with Gasteiger partial charge in [-0.05, 0) is 54.8 Å². The van der Waals surface area contributed by atoms with Gasteiger partial charge in [-0.2, -0.15) is 0 Å². The van der Waals surface area contributed by atoms with Crippen molar-refractivity contribution in [3.05, 3.63) is 35.4 Å². The molecule has 2 rings (SSSR count). The fourth-order valence-corrected chi connectivity index (χ4v) is 3.27. The Labute approximate surface area is 120 Å². The van der Waals surface area contributed by atoms with Crippen LogP contribution in [0.15, 0.2) is 18.2 Å². The molecule has 1 aromatic rings. The Bertz CT molecular complexity index is 424. The molecule has 0 heterocycles. The molecule has 112 valence electrons. The second-order valence-electron chi connectivity index (χ2n) is 6.55. The summed E-state index contributed by atoms with van der Waals surface area (Å²) < 4.78 is 26.9. The molecule has 1 N–H and O–H groups in total. The zero-order chi connectivity index (χ0) is 14.7. The number of benzene rings is 1. The van der Waals surface area contributed by atoms with Crippen LogP contribution in [0.25, 0.3) is 0 Å². The summed E-state index contributed by atoms with van der Waals surface area (Å²) in [5.74, 6) is 0.425. The lowest BCUT2D eigenvalue weighted by atomic mass is 9.71. The average Bonchev–Trinajstić information content (AvgIpc) is 2.36. The summed E-state index contributed by atoms with van der Waals surface area (Å²) in [7, 11) is 0. The van der Waals surface area contributed by atoms with Crippen LogP contribution < -0.4 is 5.32 Å². The van der Waals surface area contributed by atoms with Crippen molar-refractivity contribution in [1.29, 1.82) is 0 Å². The van der Waals surface area contributed by atoms with Crippen LogP contribution in [0.1, 0.15) is 51.5 Å². The standard InChI is InChI=1S/C17H25F2N/c1-11(2)20-10-13-5-4-12(3)6-17(13)14-7-15(18)9-16(19)8-14/h7-9,11-13,17,20H,4-6,10H2,1-3H3. The maximum Gasteiger partial charge on any atom is 0.126 e. The highest BCUT2D eigenvalue weighted by atomic mass is 19.1. The summed E-state index contributed by atoms with van der Waals surface area (Å²) in [5.41, 5.74) is 0.824. The van der Waals surface area contributed by atoms with Gasteiger partial charge in [0.1, 0.15) is 11.6 Å². The molecule has 0 amide bonds. The third-order valence-corrected chi connectivity index (χ3v) is 4.36. The number of hydrogen-bond acceptors (Lipinski definition) is 1. The van der Waals surface area contributed by atoms with Crippen molar-refractivity contribution < 1.29 is 8.78 Å². The Hall–Kier alpha value is -0.960. The van der Waals surface area contributed by atoms with E-state index < -0.39 is 11.6 Å². The van der Waals surface area contributed by atoms with E-state index in [1.54, 1.807) is 0 Å². The molecular weight excluding hydrogens is 256 g/mol. The fourth-order valence-electron chi connectivity index (χ4n) is 3.27. The first kappa shape index (κ1) is 15.4. The summed E-state index contributed by atoms with van der Waals surface area (Å²) in [5, 5.41) is 3.47. The minimum Gasteiger partial charge on any atom is -0.314 e. The summed E-state index contributed by atoms with van der Waals surface area (Å²) in [6.45, 7) is 7.41. The highest BCUT2D eigenvalue weighted by Crippen LogP contribution is 2.40. The van der Waals surface area contributed by atoms with E-state index in [4.69, 9.17) is 0 Å². The molecule has 1 aliphatic carbocycles. The Morgan fingerprint density at radius 2 is 1.80 bits per heavy atom. The first-order valence-electron chi connectivity index (χ1n) is 7.65. The SMILES string of the molecule is CC1CCC(CNC(C)C)C(c2cc(F)cc(F)c2)C1. The summed E-state index contributed by atoms with van der Waals surface area (Å²) >= 11 is 0. The summed E-state index contributed by atoms with van der Waals surface area (Å²) in [6, 6.07) is 4.42. The van der Waals surface area contributed by atoms with Crippen molar-refractivity contribution in [1.82, 2.24) is 5.32 Å². The number of nitrogens with one attached hydrogen (secondary N) is 1. The first-order valence-corrected chi connectivity index (χ1v) is 7.65. The molecule has 3 heteroatoms. The minimum absolute atomic E-state index is 0.259. The van der Waals surface area contributed by atoms with E-state index in [-0.39, 0.29) is 5.92 Å². The number of rotatable bonds is 4. The Morgan fingerprint density at radius 1 is 1.15 bits per heavy atom. The number of halogens is 2. The van der Waals surface area contributed by atoms with Crippen LogP contribution in [0.2, 0.25) is 0 Å². The molecule has 1 nitrogen and oxygen atoms in total. The zero-order valence-electron chi connectivity index (χ0n) is 12.6. The zero-order valence-corrected chi connectivity index (χ0v) is 12.6. The van der Waals surface area contributed by atoms with Gasteiger partial charge in [-0.15, -0.1) is 0 Å². The summed E-state index contributed by atoms with van der Waals surface area (Å²) in [6.07, 6.45) is 3.36. The van der Waals surface area contributed by atoms with Crippen molar-refractivity contribution in [2.45, 2.75) is 52.0 Å². The van der Waals surface area contributed by atoms with E-state index in [1.165, 1.54) is 18.6 Å². The second-order valence-corrected chi connectivity index (χ2v) is 6.55. The van der Waals surface area contributed by atoms with Crippen molar-refractivity contribution in [3.8, 4) is 0 Å². The van der Waals surface area contributed by atoms with Gasteiger partial charge in [0.2, 0.25) is 0 Å². The largest absolute Gasteiger partial charge is 0.314 e. The van der Waals surface area contributed by atoms with Gasteiger partial charge in [-0.25, -0.2) is 8.78 Å². The second kappa shape index (κ2) is 6.66. The molecule has 0 aliphatic heterocycles. The van der Waals surface area contributed by atoms with Crippen LogP contribution in [0.3, 0.4) is 0 Å². The van der Waals surface area contributed by atoms with Gasteiger partial charge in [-0.3, -0.25) is 0 Å². The monoisotopic (exact) mass is 281 g/mol. The van der Waals surface area contributed by atoms with Crippen molar-refractivity contribution in [2.24, 2.45) is 11.8 Å². The van der Waals surface area contributed by atoms with E-state index in [0.29, 0.717) is 17.9 Å². The predicted molar refractivity (Wildman–Crippen MR) is 78.7 cm³/mol. The van der Waals surface area contributed by atoms with E-state index in [2.05, 4.69) is 26.1 Å². The molecule has 3 unspecified atom stereocenters. The molecule has 0 aromatic heterocycles. The lowest BCUT2D eigenvalue weighted by Crippen LogP contribution is -2.34. The van der Waals surface area contributed by atoms with E-state index >= 15 is 0 Å². The van der Waals surface area contributed by atoms with Crippen molar-refractivity contribution >= 4 is 0 Å². The molecule has 20 heavy (non-hydrogen) atoms. The predicted octanol–water partition coefficient (Wildman–Crippen LogP) is 4.48. The molecule has 3 atom stereocenters. The van der Waals surface area contributed by atoms with Gasteiger partial charge in [0.25, 0.3) is 0 Å². The van der Waals surface area contributed by atoms with Gasteiger partial charge in [-0.1, -0.05) is 27.2 Å². The smallest absolute Gasteiger partial charge is 0.126 e. The van der Waals surface area contributed by atoms with Crippen LogP contribution in [-0.4, -0.2) is 12.6 Å². The average molecular weight is 281 g/mol. The van der Waals surface area contributed by atoms with Crippen LogP contribution in [-0.2, 0) is 0 Å². The molecule has 0 spiro atoms. The highest BCUT2D eigenvalue weighted by Gasteiger charge is 2.30. The van der Waals surface area contributed by atoms with Gasteiger partial charge in [0.15, 0.2) is 0 Å². The number of hydrogen-bond donors (Lipinski definition) is 1. The molecule has 1 fully saturated rings. The molecule has 0 radical (unpaired) electrons. The van der Waals surface area contributed by atoms with Gasteiger partial charge in [0, 0.05) is 12.1 Å². The maximum absolute atomic E-state index is 13.5. The van der Waals surface area contributed by atoms with Crippen LogP contribution in [0.4, 0.5) is 8.78 Å². The van der Waals surface area contributed by atoms with Crippen LogP contribution >= 0.6 is 0 Å². The molecule has 1 saturated carbocycles.